The zero-order valence-corrected chi connectivity index (χ0v) is 12.8. The molecule has 2 heterocycles. The van der Waals surface area contributed by atoms with E-state index in [1.165, 1.54) is 4.70 Å². The molecule has 0 radical (unpaired) electrons. The minimum Gasteiger partial charge on any atom is -0.230 e. The van der Waals surface area contributed by atoms with E-state index in [4.69, 9.17) is 23.2 Å². The van der Waals surface area contributed by atoms with E-state index in [1.807, 2.05) is 30.3 Å². The van der Waals surface area contributed by atoms with Crippen LogP contribution in [0.25, 0.3) is 10.2 Å². The van der Waals surface area contributed by atoms with E-state index in [0.29, 0.717) is 10.3 Å². The molecule has 0 fully saturated rings. The molecule has 0 unspecified atom stereocenters. The topological polar surface area (TPSA) is 25.8 Å². The average Bonchev–Trinajstić information content (AvgIpc) is 2.78. The molecule has 3 aromatic rings. The molecule has 0 bridgehead atoms. The van der Waals surface area contributed by atoms with Gasteiger partial charge in [-0.15, -0.1) is 11.3 Å². The Balaban J connectivity index is 1.78. The first-order chi connectivity index (χ1) is 9.20. The summed E-state index contributed by atoms with van der Waals surface area (Å²) in [6.07, 6.45) is 0. The van der Waals surface area contributed by atoms with E-state index < -0.39 is 0 Å². The minimum absolute atomic E-state index is 0.424. The Kier molecular flexibility index (Phi) is 3.93. The van der Waals surface area contributed by atoms with Crippen LogP contribution in [0.3, 0.4) is 0 Å². The van der Waals surface area contributed by atoms with E-state index >= 15 is 0 Å². The molecule has 0 spiro atoms. The highest BCUT2D eigenvalue weighted by atomic mass is 35.5. The van der Waals surface area contributed by atoms with E-state index in [2.05, 4.69) is 16.0 Å². The van der Waals surface area contributed by atoms with E-state index in [1.54, 1.807) is 23.1 Å². The second-order valence-corrected chi connectivity index (χ2v) is 6.88. The van der Waals surface area contributed by atoms with Crippen LogP contribution in [0, 0.1) is 0 Å². The summed E-state index contributed by atoms with van der Waals surface area (Å²) in [5, 5.41) is 0.847. The summed E-state index contributed by atoms with van der Waals surface area (Å²) in [4.78, 5) is 8.51. The number of hydrogen-bond donors (Lipinski definition) is 0. The molecule has 0 aliphatic carbocycles. The highest BCUT2D eigenvalue weighted by Gasteiger charge is 2.05. The summed E-state index contributed by atoms with van der Waals surface area (Å²) in [6, 6.07) is 11.8. The normalized spacial score (nSPS) is 11.1. The molecule has 0 atom stereocenters. The van der Waals surface area contributed by atoms with Gasteiger partial charge in [-0.1, -0.05) is 47.1 Å². The molecule has 6 heteroatoms. The fraction of sp³-hybridized carbons (Fsp3) is 0.0769. The van der Waals surface area contributed by atoms with Crippen LogP contribution in [0.2, 0.25) is 10.3 Å². The number of fused-ring (bicyclic) bond motifs is 1. The molecule has 0 saturated heterocycles. The lowest BCUT2D eigenvalue weighted by Crippen LogP contribution is -1.84. The maximum absolute atomic E-state index is 5.88. The smallest absolute Gasteiger partial charge is 0.151 e. The lowest BCUT2D eigenvalue weighted by Gasteiger charge is -2.00. The van der Waals surface area contributed by atoms with E-state index in [9.17, 15) is 0 Å². The predicted octanol–water partition coefficient (Wildman–Crippen LogP) is 5.29. The molecule has 3 rings (SSSR count). The quantitative estimate of drug-likeness (QED) is 0.483. The Labute approximate surface area is 128 Å². The van der Waals surface area contributed by atoms with Crippen molar-refractivity contribution < 1.29 is 0 Å². The minimum atomic E-state index is 0.424. The molecular weight excluding hydrogens is 319 g/mol. The van der Waals surface area contributed by atoms with Crippen molar-refractivity contribution in [3.8, 4) is 0 Å². The molecule has 96 valence electrons. The first kappa shape index (κ1) is 13.2. The monoisotopic (exact) mass is 326 g/mol. The van der Waals surface area contributed by atoms with Crippen molar-refractivity contribution >= 4 is 56.5 Å². The maximum Gasteiger partial charge on any atom is 0.151 e. The fourth-order valence-electron chi connectivity index (χ4n) is 1.66. The molecule has 0 aliphatic rings. The molecule has 0 N–H and O–H groups in total. The molecule has 1 aromatic carbocycles. The zero-order valence-electron chi connectivity index (χ0n) is 9.64. The van der Waals surface area contributed by atoms with Gasteiger partial charge < -0.3 is 0 Å². The van der Waals surface area contributed by atoms with Crippen LogP contribution in [-0.4, -0.2) is 9.97 Å². The summed E-state index contributed by atoms with van der Waals surface area (Å²) in [7, 11) is 0. The third-order valence-electron chi connectivity index (χ3n) is 2.46. The zero-order chi connectivity index (χ0) is 13.2. The first-order valence-corrected chi connectivity index (χ1v) is 8.07. The molecule has 0 aliphatic heterocycles. The number of benzene rings is 1. The van der Waals surface area contributed by atoms with Gasteiger partial charge in [-0.3, -0.25) is 0 Å². The number of rotatable bonds is 3. The van der Waals surface area contributed by atoms with Gasteiger partial charge >= 0.3 is 0 Å². The van der Waals surface area contributed by atoms with E-state index in [0.717, 1.165) is 21.2 Å². The van der Waals surface area contributed by atoms with Gasteiger partial charge in [-0.2, -0.15) is 0 Å². The van der Waals surface area contributed by atoms with Crippen LogP contribution in [-0.2, 0) is 5.75 Å². The van der Waals surface area contributed by atoms with Gasteiger partial charge in [-0.25, -0.2) is 9.97 Å². The highest BCUT2D eigenvalue weighted by Crippen LogP contribution is 2.31. The Hall–Kier alpha value is -0.810. The summed E-state index contributed by atoms with van der Waals surface area (Å²) >= 11 is 15.1. The number of thioether (sulfide) groups is 1. The third-order valence-corrected chi connectivity index (χ3v) is 5.10. The van der Waals surface area contributed by atoms with Gasteiger partial charge in [0.2, 0.25) is 0 Å². The maximum atomic E-state index is 5.88. The second kappa shape index (κ2) is 5.67. The van der Waals surface area contributed by atoms with Gasteiger partial charge in [0.15, 0.2) is 4.34 Å². The standard InChI is InChI=1S/C13H8Cl2N2S2/c14-11-5-8(6-12(15)17-11)7-18-13-16-9-3-1-2-4-10(9)19-13/h1-6H,7H2. The average molecular weight is 327 g/mol. The van der Waals surface area contributed by atoms with Crippen molar-refractivity contribution in [3.63, 3.8) is 0 Å². The number of hydrogen-bond acceptors (Lipinski definition) is 4. The Bertz CT molecular complexity index is 674. The summed E-state index contributed by atoms with van der Waals surface area (Å²) < 4.78 is 2.25. The fourth-order valence-corrected chi connectivity index (χ4v) is 4.16. The van der Waals surface area contributed by atoms with Gasteiger partial charge in [0, 0.05) is 5.75 Å². The largest absolute Gasteiger partial charge is 0.230 e. The van der Waals surface area contributed by atoms with Crippen molar-refractivity contribution in [2.24, 2.45) is 0 Å². The molecule has 19 heavy (non-hydrogen) atoms. The Morgan fingerprint density at radius 3 is 2.53 bits per heavy atom. The summed E-state index contributed by atoms with van der Waals surface area (Å²) in [5.74, 6) is 0.780. The number of para-hydroxylation sites is 1. The molecule has 0 saturated carbocycles. The summed E-state index contributed by atoms with van der Waals surface area (Å²) in [6.45, 7) is 0. The Morgan fingerprint density at radius 1 is 1.05 bits per heavy atom. The van der Waals surface area contributed by atoms with Crippen LogP contribution in [0.4, 0.5) is 0 Å². The summed E-state index contributed by atoms with van der Waals surface area (Å²) in [5.41, 5.74) is 2.09. The van der Waals surface area contributed by atoms with Gasteiger partial charge in [-0.05, 0) is 29.8 Å². The van der Waals surface area contributed by atoms with Crippen LogP contribution in [0.5, 0.6) is 0 Å². The second-order valence-electron chi connectivity index (χ2n) is 3.86. The van der Waals surface area contributed by atoms with Crippen LogP contribution in [0.15, 0.2) is 40.7 Å². The van der Waals surface area contributed by atoms with Crippen LogP contribution >= 0.6 is 46.3 Å². The number of thiazole rings is 1. The van der Waals surface area contributed by atoms with Crippen molar-refractivity contribution in [2.45, 2.75) is 10.1 Å². The van der Waals surface area contributed by atoms with Crippen LogP contribution < -0.4 is 0 Å². The van der Waals surface area contributed by atoms with Gasteiger partial charge in [0.25, 0.3) is 0 Å². The molecule has 0 amide bonds. The first-order valence-electron chi connectivity index (χ1n) is 5.51. The number of aromatic nitrogens is 2. The van der Waals surface area contributed by atoms with Crippen molar-refractivity contribution in [1.29, 1.82) is 0 Å². The van der Waals surface area contributed by atoms with Gasteiger partial charge in [0.05, 0.1) is 10.2 Å². The van der Waals surface area contributed by atoms with Gasteiger partial charge in [0.1, 0.15) is 10.3 Å². The van der Waals surface area contributed by atoms with Crippen LogP contribution in [0.1, 0.15) is 5.56 Å². The lowest BCUT2D eigenvalue weighted by molar-refractivity contribution is 1.25. The predicted molar refractivity (Wildman–Crippen MR) is 83.4 cm³/mol. The Morgan fingerprint density at radius 2 is 1.79 bits per heavy atom. The molecular formula is C13H8Cl2N2S2. The van der Waals surface area contributed by atoms with Crippen molar-refractivity contribution in [3.05, 3.63) is 52.3 Å². The number of halogens is 2. The number of pyridine rings is 1. The molecule has 2 nitrogen and oxygen atoms in total. The third kappa shape index (κ3) is 3.20. The lowest BCUT2D eigenvalue weighted by atomic mass is 10.3. The number of nitrogens with zero attached hydrogens (tertiary/aromatic N) is 2. The highest BCUT2D eigenvalue weighted by molar-refractivity contribution is 8.00. The SMILES string of the molecule is Clc1cc(CSc2nc3ccccc3s2)cc(Cl)n1. The van der Waals surface area contributed by atoms with E-state index in [-0.39, 0.29) is 0 Å². The van der Waals surface area contributed by atoms with Crippen molar-refractivity contribution in [2.75, 3.05) is 0 Å². The molecule has 2 aromatic heterocycles. The van der Waals surface area contributed by atoms with Crippen molar-refractivity contribution in [1.82, 2.24) is 9.97 Å².